The molecule has 0 bridgehead atoms. The molecule has 0 saturated carbocycles. The van der Waals surface area contributed by atoms with Crippen molar-refractivity contribution >= 4 is 27.4 Å². The van der Waals surface area contributed by atoms with Crippen molar-refractivity contribution in [3.05, 3.63) is 30.3 Å². The van der Waals surface area contributed by atoms with Crippen LogP contribution in [0, 0.1) is 0 Å². The van der Waals surface area contributed by atoms with E-state index in [0.717, 1.165) is 0 Å². The van der Waals surface area contributed by atoms with E-state index >= 15 is 0 Å². The molecule has 5 heteroatoms. The fourth-order valence-electron chi connectivity index (χ4n) is 1.39. The van der Waals surface area contributed by atoms with Gasteiger partial charge in [-0.2, -0.15) is 11.8 Å². The lowest BCUT2D eigenvalue weighted by atomic mass is 10.2. The Morgan fingerprint density at radius 2 is 1.88 bits per heavy atom. The van der Waals surface area contributed by atoms with Crippen molar-refractivity contribution in [2.45, 2.75) is 23.5 Å². The Bertz CT molecular complexity index is 466. The van der Waals surface area contributed by atoms with Crippen molar-refractivity contribution in [3.63, 3.8) is 0 Å². The summed E-state index contributed by atoms with van der Waals surface area (Å²) < 4.78 is 24.2. The maximum Gasteiger partial charge on any atom is 0.188 e. The van der Waals surface area contributed by atoms with Crippen LogP contribution in [0.2, 0.25) is 0 Å². The molecule has 1 aromatic carbocycles. The number of thioether (sulfide) groups is 1. The highest BCUT2D eigenvalue weighted by atomic mass is 32.2. The zero-order valence-corrected chi connectivity index (χ0v) is 11.6. The third kappa shape index (κ3) is 3.57. The van der Waals surface area contributed by atoms with E-state index in [9.17, 15) is 13.2 Å². The summed E-state index contributed by atoms with van der Waals surface area (Å²) in [6, 6.07) is 8.11. The molecule has 0 aromatic heterocycles. The number of carbonyl (C=O) groups is 1. The first-order chi connectivity index (χ1) is 8.00. The SMILES string of the molecule is CSCCC(=O)C(C)S(=O)(=O)c1ccccc1. The van der Waals surface area contributed by atoms with Crippen LogP contribution in [-0.2, 0) is 14.6 Å². The minimum atomic E-state index is -3.53. The van der Waals surface area contributed by atoms with E-state index in [1.165, 1.54) is 30.8 Å². The van der Waals surface area contributed by atoms with Gasteiger partial charge in [-0.3, -0.25) is 4.79 Å². The molecule has 94 valence electrons. The quantitative estimate of drug-likeness (QED) is 0.796. The normalized spacial score (nSPS) is 13.3. The monoisotopic (exact) mass is 272 g/mol. The molecule has 0 saturated heterocycles. The molecule has 0 fully saturated rings. The number of benzene rings is 1. The highest BCUT2D eigenvalue weighted by molar-refractivity contribution is 7.98. The van der Waals surface area contributed by atoms with Gasteiger partial charge in [-0.05, 0) is 31.1 Å². The van der Waals surface area contributed by atoms with Gasteiger partial charge in [-0.25, -0.2) is 8.42 Å². The summed E-state index contributed by atoms with van der Waals surface area (Å²) in [6.45, 7) is 1.46. The number of hydrogen-bond acceptors (Lipinski definition) is 4. The average molecular weight is 272 g/mol. The van der Waals surface area contributed by atoms with Gasteiger partial charge in [0.25, 0.3) is 0 Å². The third-order valence-electron chi connectivity index (χ3n) is 2.54. The molecule has 0 amide bonds. The second-order valence-electron chi connectivity index (χ2n) is 3.71. The predicted molar refractivity (Wildman–Crippen MR) is 71.1 cm³/mol. The second-order valence-corrected chi connectivity index (χ2v) is 6.96. The average Bonchev–Trinajstić information content (AvgIpc) is 2.36. The highest BCUT2D eigenvalue weighted by Gasteiger charge is 2.28. The van der Waals surface area contributed by atoms with Crippen LogP contribution in [0.1, 0.15) is 13.3 Å². The van der Waals surface area contributed by atoms with E-state index < -0.39 is 15.1 Å². The molecule has 0 aliphatic heterocycles. The van der Waals surface area contributed by atoms with Crippen LogP contribution in [0.4, 0.5) is 0 Å². The lowest BCUT2D eigenvalue weighted by Crippen LogP contribution is -2.27. The maximum absolute atomic E-state index is 12.1. The second kappa shape index (κ2) is 6.21. The van der Waals surface area contributed by atoms with Crippen molar-refractivity contribution in [3.8, 4) is 0 Å². The molecule has 0 N–H and O–H groups in total. The van der Waals surface area contributed by atoms with Gasteiger partial charge >= 0.3 is 0 Å². The molecule has 0 heterocycles. The minimum Gasteiger partial charge on any atom is -0.298 e. The van der Waals surface area contributed by atoms with Crippen molar-refractivity contribution in [2.75, 3.05) is 12.0 Å². The fraction of sp³-hybridized carbons (Fsp3) is 0.417. The standard InChI is InChI=1S/C12H16O3S2/c1-10(12(13)8-9-16-2)17(14,15)11-6-4-3-5-7-11/h3-7,10H,8-9H2,1-2H3. The number of sulfone groups is 1. The summed E-state index contributed by atoms with van der Waals surface area (Å²) in [5.41, 5.74) is 0. The number of rotatable bonds is 6. The van der Waals surface area contributed by atoms with Crippen LogP contribution >= 0.6 is 11.8 Å². The molecule has 1 rings (SSSR count). The number of hydrogen-bond donors (Lipinski definition) is 0. The Morgan fingerprint density at radius 3 is 2.41 bits per heavy atom. The van der Waals surface area contributed by atoms with E-state index in [4.69, 9.17) is 0 Å². The largest absolute Gasteiger partial charge is 0.298 e. The van der Waals surface area contributed by atoms with E-state index in [1.54, 1.807) is 18.2 Å². The lowest BCUT2D eigenvalue weighted by molar-refractivity contribution is -0.118. The first-order valence-electron chi connectivity index (χ1n) is 5.30. The predicted octanol–water partition coefficient (Wildman–Crippen LogP) is 2.17. The molecular formula is C12H16O3S2. The summed E-state index contributed by atoms with van der Waals surface area (Å²) in [7, 11) is -3.53. The number of Topliss-reactive ketones (excluding diaryl/α,β-unsaturated/α-hetero) is 1. The molecule has 3 nitrogen and oxygen atoms in total. The number of ketones is 1. The van der Waals surface area contributed by atoms with Gasteiger partial charge in [-0.15, -0.1) is 0 Å². The lowest BCUT2D eigenvalue weighted by Gasteiger charge is -2.11. The van der Waals surface area contributed by atoms with Crippen LogP contribution in [0.15, 0.2) is 35.2 Å². The molecule has 0 aliphatic carbocycles. The van der Waals surface area contributed by atoms with E-state index in [0.29, 0.717) is 12.2 Å². The van der Waals surface area contributed by atoms with E-state index in [1.807, 2.05) is 6.26 Å². The molecule has 0 radical (unpaired) electrons. The van der Waals surface area contributed by atoms with Gasteiger partial charge < -0.3 is 0 Å². The van der Waals surface area contributed by atoms with Crippen LogP contribution in [0.5, 0.6) is 0 Å². The van der Waals surface area contributed by atoms with Crippen molar-refractivity contribution < 1.29 is 13.2 Å². The Kier molecular flexibility index (Phi) is 5.21. The van der Waals surface area contributed by atoms with Gasteiger partial charge in [0, 0.05) is 6.42 Å². The molecule has 17 heavy (non-hydrogen) atoms. The molecule has 0 aliphatic rings. The molecule has 0 spiro atoms. The Hall–Kier alpha value is -0.810. The third-order valence-corrected chi connectivity index (χ3v) is 5.28. The van der Waals surface area contributed by atoms with Crippen LogP contribution in [0.25, 0.3) is 0 Å². The van der Waals surface area contributed by atoms with Crippen LogP contribution in [-0.4, -0.2) is 31.5 Å². The van der Waals surface area contributed by atoms with E-state index in [-0.39, 0.29) is 10.7 Å². The topological polar surface area (TPSA) is 51.2 Å². The van der Waals surface area contributed by atoms with Gasteiger partial charge in [0.15, 0.2) is 15.6 Å². The first kappa shape index (κ1) is 14.3. The van der Waals surface area contributed by atoms with Crippen LogP contribution in [0.3, 0.4) is 0 Å². The Labute approximate surface area is 107 Å². The molecule has 1 atom stereocenters. The fourth-order valence-corrected chi connectivity index (χ4v) is 3.21. The van der Waals surface area contributed by atoms with Gasteiger partial charge in [0.2, 0.25) is 0 Å². The van der Waals surface area contributed by atoms with Gasteiger partial charge in [0.1, 0.15) is 5.25 Å². The molecule has 1 unspecified atom stereocenters. The van der Waals surface area contributed by atoms with Gasteiger partial charge in [-0.1, -0.05) is 18.2 Å². The molecule has 1 aromatic rings. The first-order valence-corrected chi connectivity index (χ1v) is 8.24. The van der Waals surface area contributed by atoms with Crippen molar-refractivity contribution in [1.29, 1.82) is 0 Å². The Morgan fingerprint density at radius 1 is 1.29 bits per heavy atom. The smallest absolute Gasteiger partial charge is 0.188 e. The maximum atomic E-state index is 12.1. The minimum absolute atomic E-state index is 0.213. The number of carbonyl (C=O) groups excluding carboxylic acids is 1. The summed E-state index contributed by atoms with van der Waals surface area (Å²) in [5, 5.41) is -0.961. The summed E-state index contributed by atoms with van der Waals surface area (Å²) >= 11 is 1.54. The van der Waals surface area contributed by atoms with Gasteiger partial charge in [0.05, 0.1) is 4.90 Å². The zero-order valence-electron chi connectivity index (χ0n) is 9.92. The summed E-state index contributed by atoms with van der Waals surface area (Å²) in [5.74, 6) is 0.441. The highest BCUT2D eigenvalue weighted by Crippen LogP contribution is 2.17. The zero-order chi connectivity index (χ0) is 12.9. The van der Waals surface area contributed by atoms with Crippen molar-refractivity contribution in [1.82, 2.24) is 0 Å². The Balaban J connectivity index is 2.88. The van der Waals surface area contributed by atoms with Crippen LogP contribution < -0.4 is 0 Å². The summed E-state index contributed by atoms with van der Waals surface area (Å²) in [6.07, 6.45) is 2.19. The van der Waals surface area contributed by atoms with E-state index in [2.05, 4.69) is 0 Å². The summed E-state index contributed by atoms with van der Waals surface area (Å²) in [4.78, 5) is 11.9. The van der Waals surface area contributed by atoms with Crippen molar-refractivity contribution in [2.24, 2.45) is 0 Å². The molecular weight excluding hydrogens is 256 g/mol.